The maximum atomic E-state index is 5.78. The van der Waals surface area contributed by atoms with Crippen molar-refractivity contribution in [2.24, 2.45) is 0 Å². The van der Waals surface area contributed by atoms with Crippen molar-refractivity contribution in [3.8, 4) is 11.6 Å². The van der Waals surface area contributed by atoms with Crippen LogP contribution in [0.3, 0.4) is 0 Å². The third-order valence-electron chi connectivity index (χ3n) is 3.57. The summed E-state index contributed by atoms with van der Waals surface area (Å²) in [5, 5.41) is 3.51. The second-order valence-corrected chi connectivity index (χ2v) is 5.46. The van der Waals surface area contributed by atoms with E-state index in [1.54, 1.807) is 0 Å². The van der Waals surface area contributed by atoms with Crippen LogP contribution >= 0.6 is 0 Å². The standard InChI is InChI=1S/C17H20N2O/c1-12-3-8-16(9-4-12)20-17-10-5-14(13(2)19-17)11-18-15-6-7-15/h3-5,8-10,15,18H,6-7,11H2,1-2H3. The fourth-order valence-corrected chi connectivity index (χ4v) is 2.08. The Morgan fingerprint density at radius 2 is 1.85 bits per heavy atom. The summed E-state index contributed by atoms with van der Waals surface area (Å²) in [5.74, 6) is 1.48. The van der Waals surface area contributed by atoms with E-state index >= 15 is 0 Å². The van der Waals surface area contributed by atoms with E-state index in [9.17, 15) is 0 Å². The summed E-state index contributed by atoms with van der Waals surface area (Å²) in [7, 11) is 0. The van der Waals surface area contributed by atoms with E-state index in [1.807, 2.05) is 37.3 Å². The van der Waals surface area contributed by atoms with Gasteiger partial charge in [0.2, 0.25) is 5.88 Å². The maximum Gasteiger partial charge on any atom is 0.219 e. The Balaban J connectivity index is 1.67. The number of rotatable bonds is 5. The Labute approximate surface area is 120 Å². The summed E-state index contributed by atoms with van der Waals surface area (Å²) in [6.45, 7) is 4.99. The van der Waals surface area contributed by atoms with Gasteiger partial charge in [-0.2, -0.15) is 0 Å². The summed E-state index contributed by atoms with van der Waals surface area (Å²) in [5.41, 5.74) is 3.50. The molecule has 0 saturated heterocycles. The molecule has 2 aromatic rings. The number of benzene rings is 1. The largest absolute Gasteiger partial charge is 0.439 e. The molecule has 0 bridgehead atoms. The molecule has 1 aromatic carbocycles. The molecular formula is C17H20N2O. The molecule has 20 heavy (non-hydrogen) atoms. The number of pyridine rings is 1. The van der Waals surface area contributed by atoms with Crippen LogP contribution in [-0.2, 0) is 6.54 Å². The lowest BCUT2D eigenvalue weighted by molar-refractivity contribution is 0.460. The normalized spacial score (nSPS) is 14.3. The van der Waals surface area contributed by atoms with Crippen LogP contribution in [0.15, 0.2) is 36.4 Å². The minimum atomic E-state index is 0.654. The molecule has 104 valence electrons. The van der Waals surface area contributed by atoms with Gasteiger partial charge in [0.15, 0.2) is 0 Å². The average Bonchev–Trinajstić information content (AvgIpc) is 3.25. The van der Waals surface area contributed by atoms with E-state index < -0.39 is 0 Å². The zero-order valence-electron chi connectivity index (χ0n) is 12.0. The molecule has 1 aliphatic rings. The number of aryl methyl sites for hydroxylation is 2. The van der Waals surface area contributed by atoms with Crippen molar-refractivity contribution in [1.29, 1.82) is 0 Å². The van der Waals surface area contributed by atoms with E-state index in [4.69, 9.17) is 4.74 Å². The first kappa shape index (κ1) is 13.1. The Morgan fingerprint density at radius 3 is 2.50 bits per heavy atom. The third-order valence-corrected chi connectivity index (χ3v) is 3.57. The Hall–Kier alpha value is -1.87. The zero-order chi connectivity index (χ0) is 13.9. The van der Waals surface area contributed by atoms with Crippen molar-refractivity contribution in [1.82, 2.24) is 10.3 Å². The van der Waals surface area contributed by atoms with Gasteiger partial charge in [-0.15, -0.1) is 0 Å². The van der Waals surface area contributed by atoms with Crippen LogP contribution in [0.5, 0.6) is 11.6 Å². The SMILES string of the molecule is Cc1ccc(Oc2ccc(CNC3CC3)c(C)n2)cc1. The summed E-state index contributed by atoms with van der Waals surface area (Å²) in [6.07, 6.45) is 2.61. The molecule has 1 saturated carbocycles. The molecule has 3 heteroatoms. The predicted molar refractivity (Wildman–Crippen MR) is 80.1 cm³/mol. The van der Waals surface area contributed by atoms with Gasteiger partial charge in [0.05, 0.1) is 0 Å². The van der Waals surface area contributed by atoms with E-state index in [1.165, 1.54) is 24.0 Å². The van der Waals surface area contributed by atoms with Crippen molar-refractivity contribution < 1.29 is 4.74 Å². The lowest BCUT2D eigenvalue weighted by atomic mass is 10.2. The number of ether oxygens (including phenoxy) is 1. The second kappa shape index (κ2) is 5.63. The first-order chi connectivity index (χ1) is 9.70. The van der Waals surface area contributed by atoms with Crippen LogP contribution in [0.4, 0.5) is 0 Å². The third kappa shape index (κ3) is 3.36. The molecule has 0 amide bonds. The molecule has 0 aliphatic heterocycles. The number of nitrogens with one attached hydrogen (secondary N) is 1. The molecule has 0 spiro atoms. The number of nitrogens with zero attached hydrogens (tertiary/aromatic N) is 1. The average molecular weight is 268 g/mol. The van der Waals surface area contributed by atoms with Crippen molar-refractivity contribution in [2.45, 2.75) is 39.3 Å². The molecule has 0 atom stereocenters. The van der Waals surface area contributed by atoms with Gasteiger partial charge < -0.3 is 10.1 Å². The van der Waals surface area contributed by atoms with E-state index in [0.717, 1.165) is 24.0 Å². The van der Waals surface area contributed by atoms with Gasteiger partial charge in [-0.05, 0) is 44.4 Å². The van der Waals surface area contributed by atoms with E-state index in [0.29, 0.717) is 5.88 Å². The van der Waals surface area contributed by atoms with Crippen molar-refractivity contribution in [3.05, 3.63) is 53.2 Å². The molecule has 1 aliphatic carbocycles. The van der Waals surface area contributed by atoms with Gasteiger partial charge in [0, 0.05) is 24.3 Å². The fraction of sp³-hybridized carbons (Fsp3) is 0.353. The highest BCUT2D eigenvalue weighted by molar-refractivity contribution is 5.32. The number of hydrogen-bond acceptors (Lipinski definition) is 3. The first-order valence-corrected chi connectivity index (χ1v) is 7.15. The zero-order valence-corrected chi connectivity index (χ0v) is 12.0. The van der Waals surface area contributed by atoms with Gasteiger partial charge >= 0.3 is 0 Å². The van der Waals surface area contributed by atoms with Crippen LogP contribution in [-0.4, -0.2) is 11.0 Å². The Morgan fingerprint density at radius 1 is 1.10 bits per heavy atom. The van der Waals surface area contributed by atoms with E-state index in [-0.39, 0.29) is 0 Å². The lowest BCUT2D eigenvalue weighted by Gasteiger charge is -2.09. The highest BCUT2D eigenvalue weighted by atomic mass is 16.5. The van der Waals surface area contributed by atoms with E-state index in [2.05, 4.69) is 23.3 Å². The summed E-state index contributed by atoms with van der Waals surface area (Å²) in [6, 6.07) is 12.8. The summed E-state index contributed by atoms with van der Waals surface area (Å²) < 4.78 is 5.78. The highest BCUT2D eigenvalue weighted by Crippen LogP contribution is 2.22. The first-order valence-electron chi connectivity index (χ1n) is 7.15. The minimum Gasteiger partial charge on any atom is -0.439 e. The smallest absolute Gasteiger partial charge is 0.219 e. The van der Waals surface area contributed by atoms with Crippen LogP contribution in [0.1, 0.15) is 29.7 Å². The molecular weight excluding hydrogens is 248 g/mol. The minimum absolute atomic E-state index is 0.654. The molecule has 1 heterocycles. The monoisotopic (exact) mass is 268 g/mol. The van der Waals surface area contributed by atoms with Gasteiger partial charge in [-0.25, -0.2) is 4.98 Å². The van der Waals surface area contributed by atoms with Crippen molar-refractivity contribution in [3.63, 3.8) is 0 Å². The summed E-state index contributed by atoms with van der Waals surface area (Å²) in [4.78, 5) is 4.53. The Bertz CT molecular complexity index is 588. The van der Waals surface area contributed by atoms with Crippen LogP contribution in [0.25, 0.3) is 0 Å². The molecule has 0 radical (unpaired) electrons. The van der Waals surface area contributed by atoms with Gasteiger partial charge in [-0.3, -0.25) is 0 Å². The topological polar surface area (TPSA) is 34.1 Å². The maximum absolute atomic E-state index is 5.78. The van der Waals surface area contributed by atoms with Gasteiger partial charge in [0.25, 0.3) is 0 Å². The fourth-order valence-electron chi connectivity index (χ4n) is 2.08. The molecule has 3 rings (SSSR count). The molecule has 1 aromatic heterocycles. The lowest BCUT2D eigenvalue weighted by Crippen LogP contribution is -2.16. The van der Waals surface area contributed by atoms with Crippen LogP contribution in [0, 0.1) is 13.8 Å². The molecule has 0 unspecified atom stereocenters. The molecule has 1 N–H and O–H groups in total. The Kier molecular flexibility index (Phi) is 3.70. The number of hydrogen-bond donors (Lipinski definition) is 1. The quantitative estimate of drug-likeness (QED) is 0.897. The second-order valence-electron chi connectivity index (χ2n) is 5.46. The van der Waals surface area contributed by atoms with Gasteiger partial charge in [0.1, 0.15) is 5.75 Å². The highest BCUT2D eigenvalue weighted by Gasteiger charge is 2.20. The predicted octanol–water partition coefficient (Wildman–Crippen LogP) is 3.74. The van der Waals surface area contributed by atoms with Crippen LogP contribution in [0.2, 0.25) is 0 Å². The van der Waals surface area contributed by atoms with Gasteiger partial charge in [-0.1, -0.05) is 23.8 Å². The van der Waals surface area contributed by atoms with Crippen LogP contribution < -0.4 is 10.1 Å². The van der Waals surface area contributed by atoms with Crippen molar-refractivity contribution in [2.75, 3.05) is 0 Å². The molecule has 3 nitrogen and oxygen atoms in total. The summed E-state index contributed by atoms with van der Waals surface area (Å²) >= 11 is 0. The molecule has 1 fully saturated rings. The number of aromatic nitrogens is 1. The van der Waals surface area contributed by atoms with Crippen molar-refractivity contribution >= 4 is 0 Å².